The Bertz CT molecular complexity index is 980. The molecule has 0 saturated carbocycles. The Hall–Kier alpha value is -2.68. The van der Waals surface area contributed by atoms with Gasteiger partial charge in [0.1, 0.15) is 11.6 Å². The summed E-state index contributed by atoms with van der Waals surface area (Å²) in [6.45, 7) is 6.02. The molecule has 1 aliphatic rings. The van der Waals surface area contributed by atoms with Crippen LogP contribution in [-0.4, -0.2) is 23.0 Å². The maximum atomic E-state index is 8.94. The molecule has 2 heterocycles. The maximum absolute atomic E-state index is 8.94. The van der Waals surface area contributed by atoms with Gasteiger partial charge >= 0.3 is 0 Å². The number of piperidine rings is 1. The summed E-state index contributed by atoms with van der Waals surface area (Å²) in [5.41, 5.74) is 4.18. The minimum atomic E-state index is 0.515. The van der Waals surface area contributed by atoms with Crippen molar-refractivity contribution >= 4 is 11.3 Å². The molecule has 148 valence electrons. The molecule has 29 heavy (non-hydrogen) atoms. The average molecular weight is 404 g/mol. The van der Waals surface area contributed by atoms with E-state index < -0.39 is 0 Å². The summed E-state index contributed by atoms with van der Waals surface area (Å²) in [5, 5.41) is 9.85. The molecule has 4 rings (SSSR count). The number of hydrogen-bond acceptors (Lipinski definition) is 5. The second kappa shape index (κ2) is 9.21. The van der Waals surface area contributed by atoms with Gasteiger partial charge < -0.3 is 4.74 Å². The summed E-state index contributed by atoms with van der Waals surface area (Å²) in [6, 6.07) is 18.4. The molecule has 0 radical (unpaired) electrons. The molecule has 0 unspecified atom stereocenters. The fraction of sp³-hybridized carbons (Fsp3) is 0.333. The standard InChI is InChI=1S/C24H25N3OS/c1-18-23(26-24(29-18)22-11-9-19(15-25)10-12-22)28-17-21-7-5-20(6-8-21)16-27-13-3-2-4-14-27/h5-12H,2-4,13-14,16-17H2,1H3. The van der Waals surface area contributed by atoms with Crippen molar-refractivity contribution in [2.24, 2.45) is 0 Å². The van der Waals surface area contributed by atoms with E-state index in [-0.39, 0.29) is 0 Å². The lowest BCUT2D eigenvalue weighted by molar-refractivity contribution is 0.221. The van der Waals surface area contributed by atoms with Crippen LogP contribution in [0.4, 0.5) is 0 Å². The molecule has 4 nitrogen and oxygen atoms in total. The predicted octanol–water partition coefficient (Wildman–Crippen LogP) is 5.56. The second-order valence-electron chi connectivity index (χ2n) is 7.51. The molecule has 5 heteroatoms. The first kappa shape index (κ1) is 19.6. The van der Waals surface area contributed by atoms with Gasteiger partial charge in [-0.15, -0.1) is 11.3 Å². The fourth-order valence-electron chi connectivity index (χ4n) is 3.60. The molecule has 0 spiro atoms. The van der Waals surface area contributed by atoms with Crippen molar-refractivity contribution in [2.75, 3.05) is 13.1 Å². The molecular formula is C24H25N3OS. The van der Waals surface area contributed by atoms with Crippen molar-refractivity contribution in [1.29, 1.82) is 5.26 Å². The molecule has 1 fully saturated rings. The number of nitrogens with zero attached hydrogens (tertiary/aromatic N) is 3. The van der Waals surface area contributed by atoms with E-state index >= 15 is 0 Å². The molecule has 0 N–H and O–H groups in total. The highest BCUT2D eigenvalue weighted by molar-refractivity contribution is 7.15. The molecular weight excluding hydrogens is 378 g/mol. The molecule has 0 bridgehead atoms. The van der Waals surface area contributed by atoms with Crippen LogP contribution in [-0.2, 0) is 13.2 Å². The van der Waals surface area contributed by atoms with E-state index in [4.69, 9.17) is 10.00 Å². The topological polar surface area (TPSA) is 49.1 Å². The SMILES string of the molecule is Cc1sc(-c2ccc(C#N)cc2)nc1OCc1ccc(CN2CCCCC2)cc1. The molecule has 1 aliphatic heterocycles. The zero-order chi connectivity index (χ0) is 20.1. The molecule has 0 amide bonds. The van der Waals surface area contributed by atoms with E-state index in [0.717, 1.165) is 27.6 Å². The van der Waals surface area contributed by atoms with Crippen LogP contribution in [0.2, 0.25) is 0 Å². The van der Waals surface area contributed by atoms with E-state index in [0.29, 0.717) is 18.1 Å². The molecule has 0 aliphatic carbocycles. The Morgan fingerprint density at radius 3 is 2.38 bits per heavy atom. The highest BCUT2D eigenvalue weighted by Crippen LogP contribution is 2.32. The zero-order valence-electron chi connectivity index (χ0n) is 16.7. The Labute approximate surface area is 176 Å². The van der Waals surface area contributed by atoms with Gasteiger partial charge in [-0.2, -0.15) is 5.26 Å². The third-order valence-corrected chi connectivity index (χ3v) is 6.27. The van der Waals surface area contributed by atoms with Crippen LogP contribution in [0.5, 0.6) is 5.88 Å². The van der Waals surface area contributed by atoms with Crippen molar-refractivity contribution in [1.82, 2.24) is 9.88 Å². The fourth-order valence-corrected chi connectivity index (χ4v) is 4.46. The first-order valence-corrected chi connectivity index (χ1v) is 10.9. The Morgan fingerprint density at radius 2 is 1.69 bits per heavy atom. The summed E-state index contributed by atoms with van der Waals surface area (Å²) < 4.78 is 6.00. The lowest BCUT2D eigenvalue weighted by Gasteiger charge is -2.26. The lowest BCUT2D eigenvalue weighted by atomic mass is 10.1. The number of rotatable bonds is 6. The van der Waals surface area contributed by atoms with Crippen molar-refractivity contribution in [3.05, 3.63) is 70.1 Å². The van der Waals surface area contributed by atoms with Gasteiger partial charge in [0.25, 0.3) is 0 Å². The van der Waals surface area contributed by atoms with Gasteiger partial charge in [0.2, 0.25) is 5.88 Å². The zero-order valence-corrected chi connectivity index (χ0v) is 17.5. The minimum absolute atomic E-state index is 0.515. The smallest absolute Gasteiger partial charge is 0.228 e. The highest BCUT2D eigenvalue weighted by Gasteiger charge is 2.12. The summed E-state index contributed by atoms with van der Waals surface area (Å²) in [5.74, 6) is 0.687. The lowest BCUT2D eigenvalue weighted by Crippen LogP contribution is -2.29. The van der Waals surface area contributed by atoms with Crippen LogP contribution < -0.4 is 4.74 Å². The monoisotopic (exact) mass is 403 g/mol. The van der Waals surface area contributed by atoms with Crippen molar-refractivity contribution in [3.8, 4) is 22.5 Å². The molecule has 2 aromatic carbocycles. The largest absolute Gasteiger partial charge is 0.472 e. The number of thiazole rings is 1. The van der Waals surface area contributed by atoms with Crippen LogP contribution in [0.15, 0.2) is 48.5 Å². The maximum Gasteiger partial charge on any atom is 0.228 e. The quantitative estimate of drug-likeness (QED) is 0.541. The van der Waals surface area contributed by atoms with Crippen molar-refractivity contribution in [3.63, 3.8) is 0 Å². The number of aromatic nitrogens is 1. The number of nitriles is 1. The Kier molecular flexibility index (Phi) is 6.24. The van der Waals surface area contributed by atoms with Crippen LogP contribution in [0.3, 0.4) is 0 Å². The van der Waals surface area contributed by atoms with E-state index in [2.05, 4.69) is 40.2 Å². The number of benzene rings is 2. The molecule has 1 saturated heterocycles. The van der Waals surface area contributed by atoms with E-state index in [1.807, 2.05) is 31.2 Å². The Morgan fingerprint density at radius 1 is 1.00 bits per heavy atom. The number of ether oxygens (including phenoxy) is 1. The number of aryl methyl sites for hydroxylation is 1. The van der Waals surface area contributed by atoms with Crippen LogP contribution >= 0.6 is 11.3 Å². The second-order valence-corrected chi connectivity index (χ2v) is 8.71. The summed E-state index contributed by atoms with van der Waals surface area (Å²) >= 11 is 1.61. The van der Waals surface area contributed by atoms with Crippen LogP contribution in [0.1, 0.15) is 40.8 Å². The first-order valence-electron chi connectivity index (χ1n) is 10.1. The third kappa shape index (κ3) is 5.03. The number of likely N-dealkylation sites (tertiary alicyclic amines) is 1. The number of hydrogen-bond donors (Lipinski definition) is 0. The average Bonchev–Trinajstić information content (AvgIpc) is 3.14. The Balaban J connectivity index is 1.36. The summed E-state index contributed by atoms with van der Waals surface area (Å²) in [6.07, 6.45) is 4.02. The molecule has 3 aromatic rings. The molecule has 1 aromatic heterocycles. The summed E-state index contributed by atoms with van der Waals surface area (Å²) in [4.78, 5) is 8.25. The summed E-state index contributed by atoms with van der Waals surface area (Å²) in [7, 11) is 0. The van der Waals surface area contributed by atoms with Crippen LogP contribution in [0, 0.1) is 18.3 Å². The van der Waals surface area contributed by atoms with Gasteiger partial charge in [-0.1, -0.05) is 42.8 Å². The normalized spacial score (nSPS) is 14.5. The minimum Gasteiger partial charge on any atom is -0.472 e. The van der Waals surface area contributed by atoms with E-state index in [1.54, 1.807) is 11.3 Å². The van der Waals surface area contributed by atoms with Gasteiger partial charge in [-0.05, 0) is 56.1 Å². The first-order chi connectivity index (χ1) is 14.2. The third-order valence-electron chi connectivity index (χ3n) is 5.27. The highest BCUT2D eigenvalue weighted by atomic mass is 32.1. The van der Waals surface area contributed by atoms with Crippen molar-refractivity contribution < 1.29 is 4.74 Å². The van der Waals surface area contributed by atoms with Gasteiger partial charge in [0.15, 0.2) is 0 Å². The van der Waals surface area contributed by atoms with E-state index in [9.17, 15) is 0 Å². The predicted molar refractivity (Wildman–Crippen MR) is 117 cm³/mol. The van der Waals surface area contributed by atoms with Gasteiger partial charge in [0, 0.05) is 12.1 Å². The van der Waals surface area contributed by atoms with Gasteiger partial charge in [0.05, 0.1) is 16.5 Å². The van der Waals surface area contributed by atoms with Gasteiger partial charge in [-0.3, -0.25) is 4.90 Å². The molecule has 0 atom stereocenters. The van der Waals surface area contributed by atoms with E-state index in [1.165, 1.54) is 37.9 Å². The van der Waals surface area contributed by atoms with Crippen LogP contribution in [0.25, 0.3) is 10.6 Å². The van der Waals surface area contributed by atoms with Gasteiger partial charge in [-0.25, -0.2) is 4.98 Å². The van der Waals surface area contributed by atoms with Crippen molar-refractivity contribution in [2.45, 2.75) is 39.3 Å².